The van der Waals surface area contributed by atoms with Gasteiger partial charge in [0.25, 0.3) is 0 Å². The number of cyclic esters (lactones) is 1. The summed E-state index contributed by atoms with van der Waals surface area (Å²) in [5.74, 6) is -0.208. The maximum atomic E-state index is 10.9. The van der Waals surface area contributed by atoms with E-state index < -0.39 is 6.10 Å². The number of ether oxygens (including phenoxy) is 1. The van der Waals surface area contributed by atoms with Crippen molar-refractivity contribution in [3.05, 3.63) is 0 Å². The normalized spacial score (nSPS) is 22.3. The van der Waals surface area contributed by atoms with Gasteiger partial charge in [-0.1, -0.05) is 32.6 Å². The Morgan fingerprint density at radius 2 is 1.89 bits per heavy atom. The molecule has 1 rings (SSSR count). The smallest absolute Gasteiger partial charge is 0.306 e. The highest BCUT2D eigenvalue weighted by Gasteiger charge is 2.29. The fourth-order valence-electron chi connectivity index (χ4n) is 2.52. The first-order valence-electron chi connectivity index (χ1n) is 7.69. The minimum absolute atomic E-state index is 0.208. The number of hydrogen-bond donors (Lipinski definition) is 2. The van der Waals surface area contributed by atoms with E-state index in [1.165, 1.54) is 19.3 Å². The summed E-state index contributed by atoms with van der Waals surface area (Å²) in [4.78, 5) is 10.9. The molecule has 0 aromatic carbocycles. The molecule has 0 radical (unpaired) electrons. The topological polar surface area (TPSA) is 66.8 Å². The van der Waals surface area contributed by atoms with Gasteiger partial charge in [-0.25, -0.2) is 0 Å². The fourth-order valence-corrected chi connectivity index (χ4v) is 2.52. The van der Waals surface area contributed by atoms with Crippen LogP contribution in [0, 0.1) is 0 Å². The molecule has 1 unspecified atom stereocenters. The van der Waals surface area contributed by atoms with Gasteiger partial charge < -0.3 is 14.9 Å². The Morgan fingerprint density at radius 3 is 2.53 bits per heavy atom. The van der Waals surface area contributed by atoms with Crippen molar-refractivity contribution >= 4 is 5.97 Å². The van der Waals surface area contributed by atoms with Gasteiger partial charge in [-0.2, -0.15) is 0 Å². The molecule has 1 aliphatic rings. The number of unbranched alkanes of at least 4 members (excludes halogenated alkanes) is 3. The van der Waals surface area contributed by atoms with E-state index in [0.717, 1.165) is 25.7 Å². The second-order valence-electron chi connectivity index (χ2n) is 5.57. The van der Waals surface area contributed by atoms with Crippen LogP contribution in [-0.4, -0.2) is 34.5 Å². The van der Waals surface area contributed by atoms with Gasteiger partial charge in [0.05, 0.1) is 12.2 Å². The van der Waals surface area contributed by atoms with Crippen LogP contribution < -0.4 is 0 Å². The summed E-state index contributed by atoms with van der Waals surface area (Å²) in [6, 6.07) is 0. The van der Waals surface area contributed by atoms with Gasteiger partial charge in [0.2, 0.25) is 0 Å². The monoisotopic (exact) mass is 272 g/mol. The molecule has 1 aliphatic heterocycles. The summed E-state index contributed by atoms with van der Waals surface area (Å²) in [5, 5.41) is 19.7. The Morgan fingerprint density at radius 1 is 1.16 bits per heavy atom. The molecule has 0 aromatic heterocycles. The van der Waals surface area contributed by atoms with Crippen molar-refractivity contribution in [2.45, 2.75) is 89.4 Å². The van der Waals surface area contributed by atoms with Gasteiger partial charge in [0.1, 0.15) is 6.10 Å². The zero-order chi connectivity index (χ0) is 14.1. The first-order valence-corrected chi connectivity index (χ1v) is 7.69. The van der Waals surface area contributed by atoms with Crippen LogP contribution in [0.4, 0.5) is 0 Å². The van der Waals surface area contributed by atoms with Crippen molar-refractivity contribution < 1.29 is 19.7 Å². The van der Waals surface area contributed by atoms with Gasteiger partial charge in [-0.15, -0.1) is 0 Å². The molecule has 0 bridgehead atoms. The minimum atomic E-state index is -0.571. The number of carbonyl (C=O) groups excluding carboxylic acids is 1. The van der Waals surface area contributed by atoms with Gasteiger partial charge in [-0.05, 0) is 32.1 Å². The summed E-state index contributed by atoms with van der Waals surface area (Å²) in [7, 11) is 0. The van der Waals surface area contributed by atoms with E-state index in [0.29, 0.717) is 19.3 Å². The molecule has 4 heteroatoms. The fraction of sp³-hybridized carbons (Fsp3) is 0.933. The van der Waals surface area contributed by atoms with Crippen molar-refractivity contribution in [3.8, 4) is 0 Å². The standard InChI is InChI=1S/C15H28O4/c1-2-3-4-5-7-12(16)8-6-9-13(17)14-10-11-15(18)19-14/h12-14,16-17H,2-11H2,1H3/t12?,13-,14-/m0/s1. The number of aliphatic hydroxyl groups excluding tert-OH is 2. The van der Waals surface area contributed by atoms with Crippen LogP contribution in [0.3, 0.4) is 0 Å². The minimum Gasteiger partial charge on any atom is -0.460 e. The molecule has 0 aromatic rings. The predicted molar refractivity (Wildman–Crippen MR) is 73.7 cm³/mol. The lowest BCUT2D eigenvalue weighted by Gasteiger charge is -2.17. The third-order valence-electron chi connectivity index (χ3n) is 3.77. The van der Waals surface area contributed by atoms with Crippen molar-refractivity contribution in [2.24, 2.45) is 0 Å². The molecule has 1 heterocycles. The molecule has 1 saturated heterocycles. The van der Waals surface area contributed by atoms with Gasteiger partial charge in [0, 0.05) is 6.42 Å². The van der Waals surface area contributed by atoms with Crippen LogP contribution >= 0.6 is 0 Å². The summed E-state index contributed by atoms with van der Waals surface area (Å²) >= 11 is 0. The lowest BCUT2D eigenvalue weighted by Crippen LogP contribution is -2.25. The Bertz CT molecular complexity index is 255. The number of carbonyl (C=O) groups is 1. The summed E-state index contributed by atoms with van der Waals surface area (Å²) < 4.78 is 5.02. The van der Waals surface area contributed by atoms with E-state index in [1.807, 2.05) is 0 Å². The summed E-state index contributed by atoms with van der Waals surface area (Å²) in [6.07, 6.45) is 7.57. The zero-order valence-electron chi connectivity index (χ0n) is 12.0. The van der Waals surface area contributed by atoms with E-state index in [-0.39, 0.29) is 18.2 Å². The van der Waals surface area contributed by atoms with E-state index >= 15 is 0 Å². The van der Waals surface area contributed by atoms with Crippen molar-refractivity contribution in [3.63, 3.8) is 0 Å². The first kappa shape index (κ1) is 16.4. The molecule has 1 fully saturated rings. The Kier molecular flexibility index (Phi) is 8.07. The molecule has 0 spiro atoms. The Hall–Kier alpha value is -0.610. The molecule has 4 nitrogen and oxygen atoms in total. The van der Waals surface area contributed by atoms with E-state index in [9.17, 15) is 15.0 Å². The van der Waals surface area contributed by atoms with E-state index in [1.54, 1.807) is 0 Å². The average molecular weight is 272 g/mol. The molecule has 0 saturated carbocycles. The molecule has 3 atom stereocenters. The number of esters is 1. The van der Waals surface area contributed by atoms with Crippen LogP contribution in [-0.2, 0) is 9.53 Å². The van der Waals surface area contributed by atoms with E-state index in [4.69, 9.17) is 4.74 Å². The molecular weight excluding hydrogens is 244 g/mol. The second kappa shape index (κ2) is 9.32. The second-order valence-corrected chi connectivity index (χ2v) is 5.57. The SMILES string of the molecule is CCCCCCC(O)CCC[C@H](O)[C@@H]1CCC(=O)O1. The maximum Gasteiger partial charge on any atom is 0.306 e. The lowest BCUT2D eigenvalue weighted by molar-refractivity contribution is -0.145. The molecular formula is C15H28O4. The summed E-state index contributed by atoms with van der Waals surface area (Å²) in [5.41, 5.74) is 0. The highest BCUT2D eigenvalue weighted by molar-refractivity contribution is 5.71. The Labute approximate surface area is 116 Å². The number of aliphatic hydroxyl groups is 2. The van der Waals surface area contributed by atoms with Crippen LogP contribution in [0.1, 0.15) is 71.1 Å². The molecule has 112 valence electrons. The van der Waals surface area contributed by atoms with Crippen molar-refractivity contribution in [1.29, 1.82) is 0 Å². The highest BCUT2D eigenvalue weighted by atomic mass is 16.6. The largest absolute Gasteiger partial charge is 0.460 e. The van der Waals surface area contributed by atoms with Gasteiger partial charge in [0.15, 0.2) is 0 Å². The third kappa shape index (κ3) is 6.92. The average Bonchev–Trinajstić information content (AvgIpc) is 2.81. The summed E-state index contributed by atoms with van der Waals surface area (Å²) in [6.45, 7) is 2.17. The highest BCUT2D eigenvalue weighted by Crippen LogP contribution is 2.21. The van der Waals surface area contributed by atoms with Crippen molar-refractivity contribution in [2.75, 3.05) is 0 Å². The maximum absolute atomic E-state index is 10.9. The lowest BCUT2D eigenvalue weighted by atomic mass is 10.0. The zero-order valence-corrected chi connectivity index (χ0v) is 12.0. The molecule has 19 heavy (non-hydrogen) atoms. The number of hydrogen-bond acceptors (Lipinski definition) is 4. The van der Waals surface area contributed by atoms with Crippen LogP contribution in [0.5, 0.6) is 0 Å². The van der Waals surface area contributed by atoms with Crippen LogP contribution in [0.15, 0.2) is 0 Å². The third-order valence-corrected chi connectivity index (χ3v) is 3.77. The molecule has 0 amide bonds. The van der Waals surface area contributed by atoms with Crippen LogP contribution in [0.2, 0.25) is 0 Å². The Balaban J connectivity index is 2.01. The van der Waals surface area contributed by atoms with E-state index in [2.05, 4.69) is 6.92 Å². The first-order chi connectivity index (χ1) is 9.13. The van der Waals surface area contributed by atoms with Crippen LogP contribution in [0.25, 0.3) is 0 Å². The molecule has 0 aliphatic carbocycles. The van der Waals surface area contributed by atoms with Gasteiger partial charge in [-0.3, -0.25) is 4.79 Å². The van der Waals surface area contributed by atoms with Crippen molar-refractivity contribution in [1.82, 2.24) is 0 Å². The molecule has 2 N–H and O–H groups in total. The van der Waals surface area contributed by atoms with Gasteiger partial charge >= 0.3 is 5.97 Å². The number of rotatable bonds is 10. The predicted octanol–water partition coefficient (Wildman–Crippen LogP) is 2.55. The quantitative estimate of drug-likeness (QED) is 0.474.